The van der Waals surface area contributed by atoms with E-state index in [1.807, 2.05) is 0 Å². The Morgan fingerprint density at radius 2 is 1.56 bits per heavy atom. The smallest absolute Gasteiger partial charge is 0.223 e. The van der Waals surface area contributed by atoms with Crippen LogP contribution in [0.4, 0.5) is 0 Å². The summed E-state index contributed by atoms with van der Waals surface area (Å²) in [5, 5.41) is 3.08. The van der Waals surface area contributed by atoms with Crippen molar-refractivity contribution in [3.8, 4) is 0 Å². The van der Waals surface area contributed by atoms with Crippen molar-refractivity contribution in [1.82, 2.24) is 14.9 Å². The summed E-state index contributed by atoms with van der Waals surface area (Å²) in [5.74, 6) is 1.83. The predicted octanol–water partition coefficient (Wildman–Crippen LogP) is 7.20. The molecule has 0 bridgehead atoms. The first-order valence-electron chi connectivity index (χ1n) is 13.5. The van der Waals surface area contributed by atoms with E-state index in [1.54, 1.807) is 0 Å². The highest BCUT2D eigenvalue weighted by atomic mass is 16.2. The number of hydrogen-bond donors (Lipinski definition) is 1. The fraction of sp³-hybridized carbons (Fsp3) is 0.714. The zero-order chi connectivity index (χ0) is 22.4. The van der Waals surface area contributed by atoms with Gasteiger partial charge in [0.1, 0.15) is 5.82 Å². The van der Waals surface area contributed by atoms with Gasteiger partial charge in [0.15, 0.2) is 0 Å². The minimum absolute atomic E-state index is 0.267. The number of benzene rings is 1. The van der Waals surface area contributed by atoms with Crippen LogP contribution in [-0.4, -0.2) is 22.0 Å². The van der Waals surface area contributed by atoms with Crippen LogP contribution in [0.2, 0.25) is 0 Å². The molecule has 1 amide bonds. The highest BCUT2D eigenvalue weighted by molar-refractivity contribution is 5.80. The van der Waals surface area contributed by atoms with E-state index in [4.69, 9.17) is 4.98 Å². The third-order valence-electron chi connectivity index (χ3n) is 6.79. The SMILES string of the molecule is CCCCCCCCCCCCn1c(CCCCCNC(=O)C2CC2)nc2ccccc21. The number of unbranched alkanes of at least 4 members (excludes halogenated alkanes) is 11. The fourth-order valence-electron chi connectivity index (χ4n) is 4.61. The minimum Gasteiger partial charge on any atom is -0.356 e. The maximum Gasteiger partial charge on any atom is 0.223 e. The number of amides is 1. The Bertz CT molecular complexity index is 793. The van der Waals surface area contributed by atoms with Gasteiger partial charge < -0.3 is 9.88 Å². The van der Waals surface area contributed by atoms with Crippen molar-refractivity contribution in [1.29, 1.82) is 0 Å². The number of nitrogens with zero attached hydrogens (tertiary/aromatic N) is 2. The van der Waals surface area contributed by atoms with Crippen LogP contribution in [-0.2, 0) is 17.8 Å². The summed E-state index contributed by atoms with van der Waals surface area (Å²) >= 11 is 0. The van der Waals surface area contributed by atoms with E-state index < -0.39 is 0 Å². The Kier molecular flexibility index (Phi) is 11.1. The number of carbonyl (C=O) groups excluding carboxylic acids is 1. The molecular weight excluding hydrogens is 394 g/mol. The summed E-state index contributed by atoms with van der Waals surface area (Å²) in [5.41, 5.74) is 2.42. The van der Waals surface area contributed by atoms with Crippen molar-refractivity contribution in [3.05, 3.63) is 30.1 Å². The summed E-state index contributed by atoms with van der Waals surface area (Å²) in [6, 6.07) is 8.58. The van der Waals surface area contributed by atoms with Crippen molar-refractivity contribution in [2.45, 2.75) is 116 Å². The summed E-state index contributed by atoms with van der Waals surface area (Å²) in [7, 11) is 0. The van der Waals surface area contributed by atoms with Gasteiger partial charge in [-0.25, -0.2) is 4.98 Å². The van der Waals surface area contributed by atoms with Gasteiger partial charge in [-0.1, -0.05) is 83.3 Å². The summed E-state index contributed by atoms with van der Waals surface area (Å²) < 4.78 is 2.47. The lowest BCUT2D eigenvalue weighted by molar-refractivity contribution is -0.122. The molecule has 1 aliphatic rings. The fourth-order valence-corrected chi connectivity index (χ4v) is 4.61. The number of hydrogen-bond acceptors (Lipinski definition) is 2. The Hall–Kier alpha value is -1.84. The molecule has 0 spiro atoms. The molecule has 0 atom stereocenters. The topological polar surface area (TPSA) is 46.9 Å². The zero-order valence-electron chi connectivity index (χ0n) is 20.4. The van der Waals surface area contributed by atoms with Gasteiger partial charge in [0, 0.05) is 25.4 Å². The van der Waals surface area contributed by atoms with Crippen LogP contribution in [0.1, 0.15) is 109 Å². The second-order valence-corrected chi connectivity index (χ2v) is 9.73. The van der Waals surface area contributed by atoms with Gasteiger partial charge in [0.25, 0.3) is 0 Å². The molecule has 4 nitrogen and oxygen atoms in total. The zero-order valence-corrected chi connectivity index (χ0v) is 20.4. The summed E-state index contributed by atoms with van der Waals surface area (Å²) in [4.78, 5) is 16.7. The van der Waals surface area contributed by atoms with E-state index in [0.717, 1.165) is 57.1 Å². The van der Waals surface area contributed by atoms with Crippen LogP contribution in [0.25, 0.3) is 11.0 Å². The number of para-hydroxylation sites is 2. The average molecular weight is 440 g/mol. The maximum absolute atomic E-state index is 11.7. The molecule has 0 radical (unpaired) electrons. The monoisotopic (exact) mass is 439 g/mol. The lowest BCUT2D eigenvalue weighted by atomic mass is 10.1. The molecule has 1 aliphatic carbocycles. The molecule has 3 rings (SSSR count). The van der Waals surface area contributed by atoms with Gasteiger partial charge in [-0.3, -0.25) is 4.79 Å². The highest BCUT2D eigenvalue weighted by Crippen LogP contribution is 2.28. The third kappa shape index (κ3) is 8.60. The molecule has 1 fully saturated rings. The van der Waals surface area contributed by atoms with Crippen LogP contribution in [0, 0.1) is 5.92 Å². The third-order valence-corrected chi connectivity index (χ3v) is 6.79. The Balaban J connectivity index is 1.34. The normalized spacial score (nSPS) is 13.7. The van der Waals surface area contributed by atoms with Crippen LogP contribution in [0.3, 0.4) is 0 Å². The van der Waals surface area contributed by atoms with E-state index in [-0.39, 0.29) is 5.91 Å². The molecular formula is C28H45N3O. The highest BCUT2D eigenvalue weighted by Gasteiger charge is 2.28. The van der Waals surface area contributed by atoms with Crippen molar-refractivity contribution in [2.24, 2.45) is 5.92 Å². The van der Waals surface area contributed by atoms with Gasteiger partial charge in [-0.15, -0.1) is 0 Å². The van der Waals surface area contributed by atoms with Crippen molar-refractivity contribution in [2.75, 3.05) is 6.54 Å². The minimum atomic E-state index is 0.267. The van der Waals surface area contributed by atoms with Crippen LogP contribution in [0.5, 0.6) is 0 Å². The van der Waals surface area contributed by atoms with E-state index in [0.29, 0.717) is 5.92 Å². The van der Waals surface area contributed by atoms with Crippen LogP contribution in [0.15, 0.2) is 24.3 Å². The first-order chi connectivity index (χ1) is 15.8. The molecule has 0 unspecified atom stereocenters. The lowest BCUT2D eigenvalue weighted by Crippen LogP contribution is -2.25. The first kappa shape index (κ1) is 24.8. The van der Waals surface area contributed by atoms with Crippen molar-refractivity contribution >= 4 is 16.9 Å². The van der Waals surface area contributed by atoms with Gasteiger partial charge in [0.2, 0.25) is 5.91 Å². The largest absolute Gasteiger partial charge is 0.356 e. The van der Waals surface area contributed by atoms with Gasteiger partial charge in [-0.2, -0.15) is 0 Å². The quantitative estimate of drug-likeness (QED) is 0.250. The van der Waals surface area contributed by atoms with E-state index in [9.17, 15) is 4.79 Å². The second kappa shape index (κ2) is 14.3. The molecule has 0 aliphatic heterocycles. The molecule has 1 aromatic carbocycles. The Labute approximate surface area is 195 Å². The number of carbonyl (C=O) groups is 1. The number of nitrogens with one attached hydrogen (secondary N) is 1. The van der Waals surface area contributed by atoms with E-state index in [1.165, 1.54) is 75.5 Å². The molecule has 1 saturated carbocycles. The van der Waals surface area contributed by atoms with Crippen molar-refractivity contribution in [3.63, 3.8) is 0 Å². The Morgan fingerprint density at radius 3 is 2.28 bits per heavy atom. The molecule has 32 heavy (non-hydrogen) atoms. The second-order valence-electron chi connectivity index (χ2n) is 9.73. The van der Waals surface area contributed by atoms with Crippen LogP contribution >= 0.6 is 0 Å². The molecule has 1 aromatic heterocycles. The number of aryl methyl sites for hydroxylation is 2. The Morgan fingerprint density at radius 1 is 0.906 bits per heavy atom. The number of rotatable bonds is 18. The molecule has 2 aromatic rings. The van der Waals surface area contributed by atoms with Gasteiger partial charge >= 0.3 is 0 Å². The summed E-state index contributed by atoms with van der Waals surface area (Å²) in [6.07, 6.45) is 20.3. The predicted molar refractivity (Wildman–Crippen MR) is 135 cm³/mol. The van der Waals surface area contributed by atoms with E-state index >= 15 is 0 Å². The molecule has 4 heteroatoms. The van der Waals surface area contributed by atoms with E-state index in [2.05, 4.69) is 41.1 Å². The average Bonchev–Trinajstić information content (AvgIpc) is 3.60. The van der Waals surface area contributed by atoms with Gasteiger partial charge in [0.05, 0.1) is 11.0 Å². The maximum atomic E-state index is 11.7. The van der Waals surface area contributed by atoms with Gasteiger partial charge in [-0.05, 0) is 44.2 Å². The number of imidazole rings is 1. The molecule has 1 N–H and O–H groups in total. The number of fused-ring (bicyclic) bond motifs is 1. The molecule has 0 saturated heterocycles. The van der Waals surface area contributed by atoms with Crippen LogP contribution < -0.4 is 5.32 Å². The summed E-state index contributed by atoms with van der Waals surface area (Å²) in [6.45, 7) is 4.20. The molecule has 1 heterocycles. The number of aromatic nitrogens is 2. The van der Waals surface area contributed by atoms with Crippen molar-refractivity contribution < 1.29 is 4.79 Å². The lowest BCUT2D eigenvalue weighted by Gasteiger charge is -2.10. The molecule has 178 valence electrons. The first-order valence-corrected chi connectivity index (χ1v) is 13.5. The standard InChI is InChI=1S/C28H45N3O/c1-2-3-4-5-6-7-8-9-10-16-23-31-26-18-14-13-17-25(26)30-27(31)19-12-11-15-22-29-28(32)24-20-21-24/h13-14,17-18,24H,2-12,15-16,19-23H2,1H3,(H,29,32).